The fourth-order valence-electron chi connectivity index (χ4n) is 2.35. The topological polar surface area (TPSA) is 25.8 Å². The Morgan fingerprint density at radius 3 is 2.39 bits per heavy atom. The summed E-state index contributed by atoms with van der Waals surface area (Å²) >= 11 is 5.96. The van der Waals surface area contributed by atoms with Gasteiger partial charge in [-0.1, -0.05) is 42.3 Å². The van der Waals surface area contributed by atoms with Gasteiger partial charge in [0.2, 0.25) is 0 Å². The Hall–Kier alpha value is -1.41. The SMILES string of the molecule is Cc1nc(Cl)cc(-c2ccc(C3CCC3)cc2)n1. The first-order valence-electron chi connectivity index (χ1n) is 6.34. The van der Waals surface area contributed by atoms with Crippen molar-refractivity contribution in [3.8, 4) is 11.3 Å². The highest BCUT2D eigenvalue weighted by atomic mass is 35.5. The van der Waals surface area contributed by atoms with Crippen LogP contribution in [0.4, 0.5) is 0 Å². The zero-order chi connectivity index (χ0) is 12.5. The second-order valence-corrected chi connectivity index (χ2v) is 5.26. The number of nitrogens with zero attached hydrogens (tertiary/aromatic N) is 2. The van der Waals surface area contributed by atoms with Crippen LogP contribution in [-0.4, -0.2) is 9.97 Å². The van der Waals surface area contributed by atoms with E-state index in [4.69, 9.17) is 11.6 Å². The molecule has 0 bridgehead atoms. The van der Waals surface area contributed by atoms with Gasteiger partial charge in [0, 0.05) is 11.6 Å². The molecule has 1 saturated carbocycles. The molecule has 1 fully saturated rings. The molecule has 1 aromatic heterocycles. The highest BCUT2D eigenvalue weighted by Crippen LogP contribution is 2.36. The number of halogens is 1. The van der Waals surface area contributed by atoms with Crippen LogP contribution in [-0.2, 0) is 0 Å². The lowest BCUT2D eigenvalue weighted by atomic mass is 9.80. The molecule has 2 aromatic rings. The van der Waals surface area contributed by atoms with Crippen molar-refractivity contribution in [1.82, 2.24) is 9.97 Å². The second-order valence-electron chi connectivity index (χ2n) is 4.87. The lowest BCUT2D eigenvalue weighted by Crippen LogP contribution is -2.08. The average Bonchev–Trinajstić information content (AvgIpc) is 2.26. The summed E-state index contributed by atoms with van der Waals surface area (Å²) in [5, 5.41) is 0.501. The molecule has 1 heterocycles. The normalized spacial score (nSPS) is 15.4. The van der Waals surface area contributed by atoms with E-state index in [1.807, 2.05) is 13.0 Å². The Kier molecular flexibility index (Phi) is 3.04. The van der Waals surface area contributed by atoms with Crippen molar-refractivity contribution < 1.29 is 0 Å². The van der Waals surface area contributed by atoms with Gasteiger partial charge in [-0.05, 0) is 31.2 Å². The molecule has 0 aliphatic heterocycles. The lowest BCUT2D eigenvalue weighted by molar-refractivity contribution is 0.420. The van der Waals surface area contributed by atoms with Gasteiger partial charge in [-0.3, -0.25) is 0 Å². The third-order valence-corrected chi connectivity index (χ3v) is 3.78. The van der Waals surface area contributed by atoms with E-state index in [0.29, 0.717) is 11.0 Å². The molecule has 2 nitrogen and oxygen atoms in total. The van der Waals surface area contributed by atoms with E-state index in [9.17, 15) is 0 Å². The smallest absolute Gasteiger partial charge is 0.133 e. The molecule has 1 aliphatic carbocycles. The number of hydrogen-bond acceptors (Lipinski definition) is 2. The van der Waals surface area contributed by atoms with Crippen LogP contribution in [0, 0.1) is 6.92 Å². The minimum absolute atomic E-state index is 0.501. The fourth-order valence-corrected chi connectivity index (χ4v) is 2.57. The molecule has 1 aliphatic rings. The van der Waals surface area contributed by atoms with Crippen molar-refractivity contribution in [2.75, 3.05) is 0 Å². The summed E-state index contributed by atoms with van der Waals surface area (Å²) in [5.74, 6) is 1.48. The summed E-state index contributed by atoms with van der Waals surface area (Å²) < 4.78 is 0. The summed E-state index contributed by atoms with van der Waals surface area (Å²) in [6.45, 7) is 1.86. The first-order valence-corrected chi connectivity index (χ1v) is 6.72. The molecule has 0 atom stereocenters. The van der Waals surface area contributed by atoms with Crippen molar-refractivity contribution in [1.29, 1.82) is 0 Å². The van der Waals surface area contributed by atoms with E-state index < -0.39 is 0 Å². The standard InChI is InChI=1S/C15H15ClN2/c1-10-17-14(9-15(16)18-10)13-7-5-12(6-8-13)11-3-2-4-11/h5-9,11H,2-4H2,1H3. The maximum Gasteiger partial charge on any atom is 0.133 e. The van der Waals surface area contributed by atoms with E-state index in [2.05, 4.69) is 34.2 Å². The molecule has 1 aromatic carbocycles. The molecular weight excluding hydrogens is 244 g/mol. The van der Waals surface area contributed by atoms with E-state index >= 15 is 0 Å². The lowest BCUT2D eigenvalue weighted by Gasteiger charge is -2.25. The van der Waals surface area contributed by atoms with Gasteiger partial charge < -0.3 is 0 Å². The van der Waals surface area contributed by atoms with Crippen LogP contribution in [0.5, 0.6) is 0 Å². The first kappa shape index (κ1) is 11.7. The molecule has 0 amide bonds. The van der Waals surface area contributed by atoms with E-state index in [-0.39, 0.29) is 0 Å². The van der Waals surface area contributed by atoms with Gasteiger partial charge in [0.15, 0.2) is 0 Å². The predicted octanol–water partition coefficient (Wildman–Crippen LogP) is 4.37. The molecular formula is C15H15ClN2. The summed E-state index contributed by atoms with van der Waals surface area (Å²) in [6.07, 6.45) is 4.03. The Morgan fingerprint density at radius 1 is 1.11 bits per heavy atom. The van der Waals surface area contributed by atoms with E-state index in [0.717, 1.165) is 17.2 Å². The maximum atomic E-state index is 5.96. The monoisotopic (exact) mass is 258 g/mol. The van der Waals surface area contributed by atoms with Gasteiger partial charge in [-0.15, -0.1) is 0 Å². The number of aryl methyl sites for hydroxylation is 1. The van der Waals surface area contributed by atoms with E-state index in [1.165, 1.54) is 24.8 Å². The van der Waals surface area contributed by atoms with Gasteiger partial charge in [0.25, 0.3) is 0 Å². The van der Waals surface area contributed by atoms with Gasteiger partial charge in [-0.2, -0.15) is 0 Å². The fraction of sp³-hybridized carbons (Fsp3) is 0.333. The number of benzene rings is 1. The molecule has 92 valence electrons. The molecule has 0 saturated heterocycles. The minimum Gasteiger partial charge on any atom is -0.233 e. The molecule has 0 N–H and O–H groups in total. The highest BCUT2D eigenvalue weighted by molar-refractivity contribution is 6.29. The second kappa shape index (κ2) is 4.69. The van der Waals surface area contributed by atoms with Crippen molar-refractivity contribution in [3.05, 3.63) is 46.9 Å². The summed E-state index contributed by atoms with van der Waals surface area (Å²) in [7, 11) is 0. The molecule has 0 spiro atoms. The first-order chi connectivity index (χ1) is 8.72. The minimum atomic E-state index is 0.501. The maximum absolute atomic E-state index is 5.96. The highest BCUT2D eigenvalue weighted by Gasteiger charge is 2.19. The van der Waals surface area contributed by atoms with Gasteiger partial charge in [0.1, 0.15) is 11.0 Å². The van der Waals surface area contributed by atoms with Gasteiger partial charge >= 0.3 is 0 Å². The Balaban J connectivity index is 1.91. The van der Waals surface area contributed by atoms with Crippen LogP contribution in [0.1, 0.15) is 36.6 Å². The molecule has 3 heteroatoms. The molecule has 18 heavy (non-hydrogen) atoms. The quantitative estimate of drug-likeness (QED) is 0.748. The third kappa shape index (κ3) is 2.25. The van der Waals surface area contributed by atoms with E-state index in [1.54, 1.807) is 0 Å². The molecule has 0 unspecified atom stereocenters. The average molecular weight is 259 g/mol. The number of aromatic nitrogens is 2. The van der Waals surface area contributed by atoms with Crippen molar-refractivity contribution in [3.63, 3.8) is 0 Å². The Morgan fingerprint density at radius 2 is 1.83 bits per heavy atom. The molecule has 3 rings (SSSR count). The van der Waals surface area contributed by atoms with Crippen LogP contribution in [0.25, 0.3) is 11.3 Å². The number of rotatable bonds is 2. The van der Waals surface area contributed by atoms with Crippen LogP contribution >= 0.6 is 11.6 Å². The summed E-state index contributed by atoms with van der Waals surface area (Å²) in [6, 6.07) is 10.5. The van der Waals surface area contributed by atoms with Gasteiger partial charge in [-0.25, -0.2) is 9.97 Å². The largest absolute Gasteiger partial charge is 0.233 e. The summed E-state index contributed by atoms with van der Waals surface area (Å²) in [5.41, 5.74) is 3.44. The third-order valence-electron chi connectivity index (χ3n) is 3.59. The summed E-state index contributed by atoms with van der Waals surface area (Å²) in [4.78, 5) is 8.50. The molecule has 0 radical (unpaired) electrons. The zero-order valence-electron chi connectivity index (χ0n) is 10.4. The van der Waals surface area contributed by atoms with Crippen molar-refractivity contribution in [2.45, 2.75) is 32.1 Å². The Bertz CT molecular complexity index is 539. The van der Waals surface area contributed by atoms with Crippen molar-refractivity contribution >= 4 is 11.6 Å². The van der Waals surface area contributed by atoms with Crippen molar-refractivity contribution in [2.24, 2.45) is 0 Å². The predicted molar refractivity (Wildman–Crippen MR) is 73.8 cm³/mol. The van der Waals surface area contributed by atoms with Crippen LogP contribution in [0.15, 0.2) is 30.3 Å². The Labute approximate surface area is 112 Å². The van der Waals surface area contributed by atoms with Crippen LogP contribution in [0.2, 0.25) is 5.15 Å². The number of hydrogen-bond donors (Lipinski definition) is 0. The van der Waals surface area contributed by atoms with Gasteiger partial charge in [0.05, 0.1) is 5.69 Å². The van der Waals surface area contributed by atoms with Crippen LogP contribution in [0.3, 0.4) is 0 Å². The van der Waals surface area contributed by atoms with Crippen LogP contribution < -0.4 is 0 Å². The zero-order valence-corrected chi connectivity index (χ0v) is 11.1.